The van der Waals surface area contributed by atoms with E-state index in [1.54, 1.807) is 11.0 Å². The molecule has 0 aliphatic carbocycles. The first-order valence-corrected chi connectivity index (χ1v) is 11.0. The average molecular weight is 385 g/mol. The third-order valence-corrected chi connectivity index (χ3v) is 7.07. The molecule has 11 heteroatoms. The average Bonchev–Trinajstić information content (AvgIpc) is 3.06. The van der Waals surface area contributed by atoms with Gasteiger partial charge in [0.2, 0.25) is 0 Å². The molecule has 0 spiro atoms. The van der Waals surface area contributed by atoms with Crippen LogP contribution in [-0.4, -0.2) is 60.5 Å². The van der Waals surface area contributed by atoms with Gasteiger partial charge in [-0.2, -0.15) is 22.5 Å². The third kappa shape index (κ3) is 4.84. The van der Waals surface area contributed by atoms with E-state index in [1.165, 1.54) is 10.6 Å². The summed E-state index contributed by atoms with van der Waals surface area (Å²) in [5, 5.41) is 4.04. The lowest BCUT2D eigenvalue weighted by atomic mass is 10.1. The molecular weight excluding hydrogens is 366 g/mol. The fourth-order valence-corrected chi connectivity index (χ4v) is 5.17. The molecule has 0 unspecified atom stereocenters. The molecule has 0 saturated carbocycles. The predicted molar refractivity (Wildman–Crippen MR) is 91.6 cm³/mol. The van der Waals surface area contributed by atoms with Gasteiger partial charge in [0, 0.05) is 19.6 Å². The summed E-state index contributed by atoms with van der Waals surface area (Å²) in [4.78, 5) is 3.88. The molecule has 3 rings (SSSR count). The van der Waals surface area contributed by atoms with Crippen LogP contribution in [0.15, 0.2) is 36.9 Å². The number of sulfone groups is 1. The van der Waals surface area contributed by atoms with E-state index in [-0.39, 0.29) is 31.1 Å². The zero-order chi connectivity index (χ0) is 17.9. The minimum atomic E-state index is -3.70. The molecule has 1 aromatic heterocycles. The highest BCUT2D eigenvalue weighted by molar-refractivity contribution is 7.91. The second-order valence-corrected chi connectivity index (χ2v) is 9.85. The van der Waals surface area contributed by atoms with Crippen LogP contribution < -0.4 is 4.72 Å². The van der Waals surface area contributed by atoms with E-state index in [2.05, 4.69) is 14.8 Å². The molecule has 2 aromatic rings. The Balaban J connectivity index is 1.61. The van der Waals surface area contributed by atoms with Crippen molar-refractivity contribution in [3.63, 3.8) is 0 Å². The molecule has 0 atom stereocenters. The zero-order valence-electron chi connectivity index (χ0n) is 13.4. The van der Waals surface area contributed by atoms with Crippen molar-refractivity contribution >= 4 is 20.0 Å². The lowest BCUT2D eigenvalue weighted by Gasteiger charge is -2.26. The van der Waals surface area contributed by atoms with Gasteiger partial charge >= 0.3 is 0 Å². The van der Waals surface area contributed by atoms with E-state index in [4.69, 9.17) is 0 Å². The van der Waals surface area contributed by atoms with E-state index in [0.717, 1.165) is 11.1 Å². The summed E-state index contributed by atoms with van der Waals surface area (Å²) < 4.78 is 52.8. The minimum Gasteiger partial charge on any atom is -0.249 e. The number of aromatic nitrogens is 3. The van der Waals surface area contributed by atoms with Gasteiger partial charge in [-0.25, -0.2) is 18.1 Å². The Hall–Kier alpha value is -1.82. The van der Waals surface area contributed by atoms with Crippen LogP contribution >= 0.6 is 0 Å². The molecule has 0 bridgehead atoms. The van der Waals surface area contributed by atoms with Crippen molar-refractivity contribution in [1.82, 2.24) is 23.8 Å². The molecule has 1 fully saturated rings. The van der Waals surface area contributed by atoms with Gasteiger partial charge < -0.3 is 0 Å². The molecule has 1 aliphatic heterocycles. The SMILES string of the molecule is O=S1(=O)CCN(S(=O)(=O)NCc2cccc(Cn3cncn3)c2)CC1. The van der Waals surface area contributed by atoms with Crippen molar-refractivity contribution in [2.45, 2.75) is 13.1 Å². The van der Waals surface area contributed by atoms with E-state index < -0.39 is 20.0 Å². The summed E-state index contributed by atoms with van der Waals surface area (Å²) in [6.45, 7) is 0.662. The summed E-state index contributed by atoms with van der Waals surface area (Å²) in [6.07, 6.45) is 3.07. The van der Waals surface area contributed by atoms with Crippen LogP contribution in [0.1, 0.15) is 11.1 Å². The second kappa shape index (κ2) is 7.20. The second-order valence-electron chi connectivity index (χ2n) is 5.79. The standard InChI is InChI=1S/C14H19N5O4S2/c20-24(21)6-4-19(5-7-24)25(22,23)17-9-13-2-1-3-14(8-13)10-18-12-15-11-16-18/h1-3,8,11-12,17H,4-7,9-10H2. The monoisotopic (exact) mass is 385 g/mol. The first-order valence-electron chi connectivity index (χ1n) is 7.69. The van der Waals surface area contributed by atoms with E-state index in [0.29, 0.717) is 6.54 Å². The van der Waals surface area contributed by atoms with Gasteiger partial charge in [0.25, 0.3) is 10.2 Å². The normalized spacial score (nSPS) is 18.2. The Morgan fingerprint density at radius 3 is 2.56 bits per heavy atom. The van der Waals surface area contributed by atoms with Crippen LogP contribution in [0.3, 0.4) is 0 Å². The van der Waals surface area contributed by atoms with Crippen LogP contribution in [0.25, 0.3) is 0 Å². The van der Waals surface area contributed by atoms with Crippen LogP contribution in [0.4, 0.5) is 0 Å². The summed E-state index contributed by atoms with van der Waals surface area (Å²) in [5.74, 6) is -0.275. The fraction of sp³-hybridized carbons (Fsp3) is 0.429. The largest absolute Gasteiger partial charge is 0.279 e. The lowest BCUT2D eigenvalue weighted by molar-refractivity contribution is 0.422. The Bertz CT molecular complexity index is 912. The maximum atomic E-state index is 12.3. The first-order chi connectivity index (χ1) is 11.8. The number of hydrogen-bond donors (Lipinski definition) is 1. The van der Waals surface area contributed by atoms with Crippen molar-refractivity contribution in [3.05, 3.63) is 48.0 Å². The highest BCUT2D eigenvalue weighted by Crippen LogP contribution is 2.10. The Morgan fingerprint density at radius 1 is 1.16 bits per heavy atom. The molecule has 136 valence electrons. The molecule has 1 saturated heterocycles. The smallest absolute Gasteiger partial charge is 0.249 e. The topological polar surface area (TPSA) is 114 Å². The van der Waals surface area contributed by atoms with E-state index in [1.807, 2.05) is 24.3 Å². The molecular formula is C14H19N5O4S2. The molecule has 25 heavy (non-hydrogen) atoms. The van der Waals surface area contributed by atoms with Crippen molar-refractivity contribution in [2.75, 3.05) is 24.6 Å². The molecule has 1 aliphatic rings. The third-order valence-electron chi connectivity index (χ3n) is 3.90. The lowest BCUT2D eigenvalue weighted by Crippen LogP contribution is -2.48. The molecule has 1 N–H and O–H groups in total. The first kappa shape index (κ1) is 18.0. The molecule has 0 radical (unpaired) electrons. The van der Waals surface area contributed by atoms with Crippen LogP contribution in [0.2, 0.25) is 0 Å². The number of rotatable bonds is 6. The Morgan fingerprint density at radius 2 is 1.88 bits per heavy atom. The van der Waals surface area contributed by atoms with E-state index in [9.17, 15) is 16.8 Å². The summed E-state index contributed by atoms with van der Waals surface area (Å²) in [7, 11) is -6.82. The van der Waals surface area contributed by atoms with Crippen LogP contribution in [-0.2, 0) is 33.1 Å². The molecule has 9 nitrogen and oxygen atoms in total. The molecule has 1 aromatic carbocycles. The molecule has 0 amide bonds. The number of nitrogens with one attached hydrogen (secondary N) is 1. The quantitative estimate of drug-likeness (QED) is 0.710. The Kier molecular flexibility index (Phi) is 5.18. The van der Waals surface area contributed by atoms with Crippen molar-refractivity contribution in [1.29, 1.82) is 0 Å². The summed E-state index contributed by atoms with van der Waals surface area (Å²) in [5.41, 5.74) is 1.79. The fourth-order valence-electron chi connectivity index (χ4n) is 2.54. The summed E-state index contributed by atoms with van der Waals surface area (Å²) >= 11 is 0. The van der Waals surface area contributed by atoms with Gasteiger partial charge in [-0.05, 0) is 11.1 Å². The molecule has 2 heterocycles. The highest BCUT2D eigenvalue weighted by atomic mass is 32.2. The highest BCUT2D eigenvalue weighted by Gasteiger charge is 2.29. The van der Waals surface area contributed by atoms with Gasteiger partial charge in [-0.3, -0.25) is 0 Å². The van der Waals surface area contributed by atoms with Crippen molar-refractivity contribution in [2.24, 2.45) is 0 Å². The van der Waals surface area contributed by atoms with Crippen LogP contribution in [0, 0.1) is 0 Å². The van der Waals surface area contributed by atoms with E-state index >= 15 is 0 Å². The maximum absolute atomic E-state index is 12.3. The van der Waals surface area contributed by atoms with Crippen molar-refractivity contribution in [3.8, 4) is 0 Å². The van der Waals surface area contributed by atoms with Gasteiger partial charge in [-0.1, -0.05) is 24.3 Å². The maximum Gasteiger partial charge on any atom is 0.279 e. The minimum absolute atomic E-state index is 0.00992. The summed E-state index contributed by atoms with van der Waals surface area (Å²) in [6, 6.07) is 7.50. The van der Waals surface area contributed by atoms with Gasteiger partial charge in [0.15, 0.2) is 9.84 Å². The van der Waals surface area contributed by atoms with Gasteiger partial charge in [0.05, 0.1) is 18.1 Å². The van der Waals surface area contributed by atoms with Gasteiger partial charge in [-0.15, -0.1) is 0 Å². The number of hydrogen-bond acceptors (Lipinski definition) is 6. The predicted octanol–water partition coefficient (Wildman–Crippen LogP) is -0.609. The zero-order valence-corrected chi connectivity index (χ0v) is 15.1. The van der Waals surface area contributed by atoms with Crippen LogP contribution in [0.5, 0.6) is 0 Å². The van der Waals surface area contributed by atoms with Gasteiger partial charge in [0.1, 0.15) is 12.7 Å². The Labute approximate surface area is 146 Å². The number of benzene rings is 1. The van der Waals surface area contributed by atoms with Crippen molar-refractivity contribution < 1.29 is 16.8 Å². The number of nitrogens with zero attached hydrogens (tertiary/aromatic N) is 4.